The standard InChI is InChI=1S/C17H16Cl2N2O2S/c1-21(17(23)11-6-5-7-12(18)16(11)19)10-15(22)20-13-8-3-4-9-14(13)24-2/h3-9H,10H2,1-2H3,(H,20,22). The van der Waals surface area contributed by atoms with Gasteiger partial charge in [-0.1, -0.05) is 41.4 Å². The van der Waals surface area contributed by atoms with Crippen LogP contribution >= 0.6 is 35.0 Å². The number of nitrogens with one attached hydrogen (secondary N) is 1. The summed E-state index contributed by atoms with van der Waals surface area (Å²) < 4.78 is 0. The van der Waals surface area contributed by atoms with Gasteiger partial charge in [0.15, 0.2) is 0 Å². The van der Waals surface area contributed by atoms with Crippen LogP contribution < -0.4 is 5.32 Å². The van der Waals surface area contributed by atoms with Gasteiger partial charge < -0.3 is 10.2 Å². The lowest BCUT2D eigenvalue weighted by atomic mass is 10.2. The number of amides is 2. The summed E-state index contributed by atoms with van der Waals surface area (Å²) in [4.78, 5) is 26.9. The number of halogens is 2. The van der Waals surface area contributed by atoms with Gasteiger partial charge in [0.2, 0.25) is 5.91 Å². The highest BCUT2D eigenvalue weighted by Gasteiger charge is 2.19. The smallest absolute Gasteiger partial charge is 0.255 e. The Morgan fingerprint density at radius 3 is 2.54 bits per heavy atom. The maximum absolute atomic E-state index is 12.4. The van der Waals surface area contributed by atoms with Crippen molar-refractivity contribution in [1.82, 2.24) is 4.90 Å². The molecule has 0 aliphatic carbocycles. The molecule has 0 atom stereocenters. The van der Waals surface area contributed by atoms with Crippen molar-refractivity contribution in [3.05, 3.63) is 58.1 Å². The van der Waals surface area contributed by atoms with E-state index in [1.807, 2.05) is 30.5 Å². The van der Waals surface area contributed by atoms with E-state index < -0.39 is 0 Å². The number of para-hydroxylation sites is 1. The Kier molecular flexibility index (Phi) is 6.54. The fourth-order valence-corrected chi connectivity index (χ4v) is 3.03. The number of carbonyl (C=O) groups excluding carboxylic acids is 2. The van der Waals surface area contributed by atoms with Gasteiger partial charge in [-0.25, -0.2) is 0 Å². The van der Waals surface area contributed by atoms with Crippen molar-refractivity contribution in [2.45, 2.75) is 4.90 Å². The Morgan fingerprint density at radius 1 is 1.12 bits per heavy atom. The fraction of sp³-hybridized carbons (Fsp3) is 0.176. The second-order valence-corrected chi connectivity index (χ2v) is 6.64. The molecule has 2 aromatic carbocycles. The van der Waals surface area contributed by atoms with Crippen molar-refractivity contribution >= 4 is 52.5 Å². The molecule has 0 aliphatic heterocycles. The first-order chi connectivity index (χ1) is 11.4. The number of rotatable bonds is 5. The number of hydrogen-bond donors (Lipinski definition) is 1. The van der Waals surface area contributed by atoms with Gasteiger partial charge in [0.1, 0.15) is 0 Å². The summed E-state index contributed by atoms with van der Waals surface area (Å²) in [6.45, 7) is -0.0929. The SMILES string of the molecule is CSc1ccccc1NC(=O)CN(C)C(=O)c1cccc(Cl)c1Cl. The summed E-state index contributed by atoms with van der Waals surface area (Å²) in [7, 11) is 1.54. The van der Waals surface area contributed by atoms with Crippen LogP contribution in [0.1, 0.15) is 10.4 Å². The Morgan fingerprint density at radius 2 is 1.83 bits per heavy atom. The molecular formula is C17H16Cl2N2O2S. The molecule has 0 radical (unpaired) electrons. The fourth-order valence-electron chi connectivity index (χ4n) is 2.10. The molecule has 1 N–H and O–H groups in total. The van der Waals surface area contributed by atoms with Crippen LogP contribution in [0.5, 0.6) is 0 Å². The third-order valence-corrected chi connectivity index (χ3v) is 4.91. The first-order valence-electron chi connectivity index (χ1n) is 7.06. The Bertz CT molecular complexity index is 768. The minimum absolute atomic E-state index is 0.0929. The molecule has 2 rings (SSSR count). The van der Waals surface area contributed by atoms with Crippen LogP contribution in [0.3, 0.4) is 0 Å². The highest BCUT2D eigenvalue weighted by Crippen LogP contribution is 2.27. The first kappa shape index (κ1) is 18.6. The van der Waals surface area contributed by atoms with Crippen LogP contribution in [-0.4, -0.2) is 36.6 Å². The molecule has 126 valence electrons. The number of anilines is 1. The Hall–Kier alpha value is -1.69. The van der Waals surface area contributed by atoms with Crippen molar-refractivity contribution in [2.75, 3.05) is 25.2 Å². The molecule has 0 aliphatic rings. The number of likely N-dealkylation sites (N-methyl/N-ethyl adjacent to an activating group) is 1. The molecule has 0 aromatic heterocycles. The molecule has 2 aromatic rings. The predicted octanol–water partition coefficient (Wildman–Crippen LogP) is 4.43. The van der Waals surface area contributed by atoms with E-state index in [9.17, 15) is 9.59 Å². The lowest BCUT2D eigenvalue weighted by Crippen LogP contribution is -2.35. The minimum atomic E-state index is -0.365. The first-order valence-corrected chi connectivity index (χ1v) is 9.04. The van der Waals surface area contributed by atoms with Crippen LogP contribution in [0, 0.1) is 0 Å². The summed E-state index contributed by atoms with van der Waals surface area (Å²) in [6, 6.07) is 12.3. The van der Waals surface area contributed by atoms with Gasteiger partial charge in [-0.3, -0.25) is 9.59 Å². The van der Waals surface area contributed by atoms with Crippen molar-refractivity contribution in [3.8, 4) is 0 Å². The summed E-state index contributed by atoms with van der Waals surface area (Å²) in [5.41, 5.74) is 0.987. The van der Waals surface area contributed by atoms with Crippen molar-refractivity contribution < 1.29 is 9.59 Å². The van der Waals surface area contributed by atoms with Crippen LogP contribution in [-0.2, 0) is 4.79 Å². The second kappa shape index (κ2) is 8.42. The van der Waals surface area contributed by atoms with E-state index in [4.69, 9.17) is 23.2 Å². The highest BCUT2D eigenvalue weighted by molar-refractivity contribution is 7.98. The number of hydrogen-bond acceptors (Lipinski definition) is 3. The van der Waals surface area contributed by atoms with Crippen molar-refractivity contribution in [2.24, 2.45) is 0 Å². The molecule has 0 saturated heterocycles. The zero-order valence-corrected chi connectivity index (χ0v) is 15.5. The van der Waals surface area contributed by atoms with Crippen molar-refractivity contribution in [3.63, 3.8) is 0 Å². The largest absolute Gasteiger partial charge is 0.332 e. The maximum Gasteiger partial charge on any atom is 0.255 e. The van der Waals surface area contributed by atoms with Gasteiger partial charge in [-0.15, -0.1) is 11.8 Å². The van der Waals surface area contributed by atoms with E-state index in [1.54, 1.807) is 25.2 Å². The van der Waals surface area contributed by atoms with Gasteiger partial charge in [0.05, 0.1) is 27.8 Å². The number of nitrogens with zero attached hydrogens (tertiary/aromatic N) is 1. The third-order valence-electron chi connectivity index (χ3n) is 3.29. The average Bonchev–Trinajstić information content (AvgIpc) is 2.57. The number of thioether (sulfide) groups is 1. The molecule has 0 saturated carbocycles. The third kappa shape index (κ3) is 4.44. The predicted molar refractivity (Wildman–Crippen MR) is 100 cm³/mol. The van der Waals surface area contributed by atoms with Gasteiger partial charge in [-0.05, 0) is 30.5 Å². The van der Waals surface area contributed by atoms with E-state index in [0.29, 0.717) is 5.02 Å². The topological polar surface area (TPSA) is 49.4 Å². The van der Waals surface area contributed by atoms with Gasteiger partial charge >= 0.3 is 0 Å². The minimum Gasteiger partial charge on any atom is -0.332 e. The highest BCUT2D eigenvalue weighted by atomic mass is 35.5. The van der Waals surface area contributed by atoms with Crippen LogP contribution in [0.15, 0.2) is 47.4 Å². The summed E-state index contributed by atoms with van der Waals surface area (Å²) >= 11 is 13.5. The number of benzene rings is 2. The van der Waals surface area contributed by atoms with Crippen molar-refractivity contribution in [1.29, 1.82) is 0 Å². The summed E-state index contributed by atoms with van der Waals surface area (Å²) in [6.07, 6.45) is 1.93. The quantitative estimate of drug-likeness (QED) is 0.778. The van der Waals surface area contributed by atoms with E-state index in [0.717, 1.165) is 10.6 Å². The lowest BCUT2D eigenvalue weighted by Gasteiger charge is -2.18. The molecule has 0 heterocycles. The second-order valence-electron chi connectivity index (χ2n) is 5.01. The molecule has 0 spiro atoms. The summed E-state index contributed by atoms with van der Waals surface area (Å²) in [5.74, 6) is -0.652. The van der Waals surface area contributed by atoms with Crippen LogP contribution in [0.4, 0.5) is 5.69 Å². The molecule has 4 nitrogen and oxygen atoms in total. The molecule has 0 unspecified atom stereocenters. The molecule has 0 fully saturated rings. The molecule has 7 heteroatoms. The van der Waals surface area contributed by atoms with Crippen LogP contribution in [0.25, 0.3) is 0 Å². The van der Waals surface area contributed by atoms with E-state index in [1.165, 1.54) is 16.7 Å². The normalized spacial score (nSPS) is 10.3. The summed E-state index contributed by atoms with van der Waals surface area (Å²) in [5, 5.41) is 3.30. The number of carbonyl (C=O) groups is 2. The van der Waals surface area contributed by atoms with Gasteiger partial charge in [0, 0.05) is 11.9 Å². The van der Waals surface area contributed by atoms with E-state index in [2.05, 4.69) is 5.32 Å². The molecule has 2 amide bonds. The van der Waals surface area contributed by atoms with Gasteiger partial charge in [-0.2, -0.15) is 0 Å². The monoisotopic (exact) mass is 382 g/mol. The zero-order chi connectivity index (χ0) is 17.7. The van der Waals surface area contributed by atoms with E-state index in [-0.39, 0.29) is 28.9 Å². The molecular weight excluding hydrogens is 367 g/mol. The Balaban J connectivity index is 2.06. The zero-order valence-electron chi connectivity index (χ0n) is 13.2. The van der Waals surface area contributed by atoms with Gasteiger partial charge in [0.25, 0.3) is 5.91 Å². The average molecular weight is 383 g/mol. The van der Waals surface area contributed by atoms with Crippen LogP contribution in [0.2, 0.25) is 10.0 Å². The molecule has 0 bridgehead atoms. The lowest BCUT2D eigenvalue weighted by molar-refractivity contribution is -0.116. The van der Waals surface area contributed by atoms with E-state index >= 15 is 0 Å². The Labute approximate surface area is 155 Å². The molecule has 24 heavy (non-hydrogen) atoms. The maximum atomic E-state index is 12.4.